The van der Waals surface area contributed by atoms with E-state index in [0.29, 0.717) is 24.0 Å². The molecule has 0 aromatic rings. The highest BCUT2D eigenvalue weighted by Gasteiger charge is 2.29. The Balaban J connectivity index is 2.45. The summed E-state index contributed by atoms with van der Waals surface area (Å²) in [6.07, 6.45) is 0.689. The van der Waals surface area contributed by atoms with Gasteiger partial charge in [0.05, 0.1) is 17.3 Å². The number of hydrogen-bond acceptors (Lipinski definition) is 4. The van der Waals surface area contributed by atoms with Crippen molar-refractivity contribution in [1.29, 1.82) is 0 Å². The highest BCUT2D eigenvalue weighted by molar-refractivity contribution is 8.02. The van der Waals surface area contributed by atoms with Crippen LogP contribution in [-0.2, 0) is 14.6 Å². The van der Waals surface area contributed by atoms with Crippen molar-refractivity contribution >= 4 is 27.5 Å². The third-order valence-electron chi connectivity index (χ3n) is 3.16. The maximum Gasteiger partial charge on any atom is 0.232 e. The fourth-order valence-corrected chi connectivity index (χ4v) is 5.88. The summed E-state index contributed by atoms with van der Waals surface area (Å²) < 4.78 is 22.8. The molecule has 20 heavy (non-hydrogen) atoms. The second-order valence-electron chi connectivity index (χ2n) is 6.42. The quantitative estimate of drug-likeness (QED) is 0.720. The van der Waals surface area contributed by atoms with E-state index in [9.17, 15) is 13.2 Å². The third kappa shape index (κ3) is 6.48. The predicted octanol–water partition coefficient (Wildman–Crippen LogP) is 2.05. The Morgan fingerprint density at radius 3 is 2.15 bits per heavy atom. The Morgan fingerprint density at radius 2 is 1.75 bits per heavy atom. The monoisotopic (exact) mass is 321 g/mol. The molecule has 1 aliphatic rings. The van der Waals surface area contributed by atoms with Crippen LogP contribution in [0.2, 0.25) is 0 Å². The van der Waals surface area contributed by atoms with Gasteiger partial charge in [-0.05, 0) is 18.3 Å². The Kier molecular flexibility index (Phi) is 6.85. The third-order valence-corrected chi connectivity index (χ3v) is 6.42. The molecule has 0 aromatic carbocycles. The summed E-state index contributed by atoms with van der Waals surface area (Å²) in [6.45, 7) is 9.99. The topological polar surface area (TPSA) is 54.5 Å². The lowest BCUT2D eigenvalue weighted by Crippen LogP contribution is -2.38. The van der Waals surface area contributed by atoms with Gasteiger partial charge in [-0.2, -0.15) is 0 Å². The molecule has 0 saturated carbocycles. The molecule has 1 atom stereocenters. The number of carbonyl (C=O) groups is 1. The zero-order valence-electron chi connectivity index (χ0n) is 13.0. The van der Waals surface area contributed by atoms with Crippen molar-refractivity contribution in [2.24, 2.45) is 11.8 Å². The number of rotatable bonds is 7. The van der Waals surface area contributed by atoms with Gasteiger partial charge in [0.2, 0.25) is 5.91 Å². The SMILES string of the molecule is CC(C)CN(CC(C)C)C(=O)CSC1CCS(=O)(=O)C1. The van der Waals surface area contributed by atoms with E-state index in [0.717, 1.165) is 13.1 Å². The Bertz CT molecular complexity index is 408. The molecule has 0 aliphatic carbocycles. The first-order chi connectivity index (χ1) is 9.19. The summed E-state index contributed by atoms with van der Waals surface area (Å²) in [7, 11) is -2.85. The van der Waals surface area contributed by atoms with Gasteiger partial charge in [-0.3, -0.25) is 4.79 Å². The van der Waals surface area contributed by atoms with E-state index in [1.165, 1.54) is 11.8 Å². The molecule has 0 bridgehead atoms. The van der Waals surface area contributed by atoms with Crippen molar-refractivity contribution < 1.29 is 13.2 Å². The Hall–Kier alpha value is -0.230. The first-order valence-corrected chi connectivity index (χ1v) is 10.2. The molecule has 1 rings (SSSR count). The lowest BCUT2D eigenvalue weighted by atomic mass is 10.1. The van der Waals surface area contributed by atoms with Crippen LogP contribution in [0.5, 0.6) is 0 Å². The van der Waals surface area contributed by atoms with Crippen molar-refractivity contribution in [3.8, 4) is 0 Å². The fraction of sp³-hybridized carbons (Fsp3) is 0.929. The van der Waals surface area contributed by atoms with E-state index in [1.807, 2.05) is 4.90 Å². The largest absolute Gasteiger partial charge is 0.341 e. The van der Waals surface area contributed by atoms with E-state index in [4.69, 9.17) is 0 Å². The lowest BCUT2D eigenvalue weighted by Gasteiger charge is -2.26. The van der Waals surface area contributed by atoms with Crippen LogP contribution in [0, 0.1) is 11.8 Å². The van der Waals surface area contributed by atoms with Crippen LogP contribution in [0.15, 0.2) is 0 Å². The van der Waals surface area contributed by atoms with Crippen molar-refractivity contribution in [2.45, 2.75) is 39.4 Å². The molecule has 0 N–H and O–H groups in total. The van der Waals surface area contributed by atoms with E-state index in [2.05, 4.69) is 27.7 Å². The van der Waals surface area contributed by atoms with Gasteiger partial charge in [0.1, 0.15) is 0 Å². The maximum absolute atomic E-state index is 12.3. The molecule has 1 unspecified atom stereocenters. The van der Waals surface area contributed by atoms with Crippen molar-refractivity contribution in [2.75, 3.05) is 30.3 Å². The second kappa shape index (κ2) is 7.69. The van der Waals surface area contributed by atoms with Crippen LogP contribution in [0.1, 0.15) is 34.1 Å². The van der Waals surface area contributed by atoms with E-state index >= 15 is 0 Å². The highest BCUT2D eigenvalue weighted by Crippen LogP contribution is 2.24. The molecule has 1 heterocycles. The summed E-state index contributed by atoms with van der Waals surface area (Å²) in [5.74, 6) is 1.96. The van der Waals surface area contributed by atoms with Crippen molar-refractivity contribution in [3.63, 3.8) is 0 Å². The lowest BCUT2D eigenvalue weighted by molar-refractivity contribution is -0.129. The second-order valence-corrected chi connectivity index (χ2v) is 9.94. The standard InChI is InChI=1S/C14H27NO3S2/c1-11(2)7-15(8-12(3)4)14(16)9-19-13-5-6-20(17,18)10-13/h11-13H,5-10H2,1-4H3. The van der Waals surface area contributed by atoms with E-state index in [-0.39, 0.29) is 22.7 Å². The van der Waals surface area contributed by atoms with Crippen LogP contribution in [0.4, 0.5) is 0 Å². The summed E-state index contributed by atoms with van der Waals surface area (Å²) in [4.78, 5) is 14.2. The molecule has 1 saturated heterocycles. The van der Waals surface area contributed by atoms with Gasteiger partial charge in [-0.25, -0.2) is 8.42 Å². The highest BCUT2D eigenvalue weighted by atomic mass is 32.2. The minimum atomic E-state index is -2.85. The Labute approximate surface area is 127 Å². The van der Waals surface area contributed by atoms with Crippen molar-refractivity contribution in [3.05, 3.63) is 0 Å². The first-order valence-electron chi connectivity index (χ1n) is 7.29. The van der Waals surface area contributed by atoms with Gasteiger partial charge in [-0.15, -0.1) is 11.8 Å². The van der Waals surface area contributed by atoms with Gasteiger partial charge < -0.3 is 4.90 Å². The number of amides is 1. The summed E-state index contributed by atoms with van der Waals surface area (Å²) in [6, 6.07) is 0. The normalized spacial score (nSPS) is 21.6. The van der Waals surface area contributed by atoms with Crippen LogP contribution in [0.3, 0.4) is 0 Å². The molecular formula is C14H27NO3S2. The molecule has 1 fully saturated rings. The van der Waals surface area contributed by atoms with Gasteiger partial charge in [0.15, 0.2) is 9.84 Å². The average Bonchev–Trinajstić information content (AvgIpc) is 2.64. The minimum absolute atomic E-state index is 0.101. The van der Waals surface area contributed by atoms with Gasteiger partial charge >= 0.3 is 0 Å². The van der Waals surface area contributed by atoms with Gasteiger partial charge in [-0.1, -0.05) is 27.7 Å². The summed E-state index contributed by atoms with van der Waals surface area (Å²) >= 11 is 1.51. The Morgan fingerprint density at radius 1 is 1.20 bits per heavy atom. The van der Waals surface area contributed by atoms with Crippen LogP contribution < -0.4 is 0 Å². The number of thioether (sulfide) groups is 1. The summed E-state index contributed by atoms with van der Waals surface area (Å²) in [5, 5.41) is 0.101. The molecule has 6 heteroatoms. The minimum Gasteiger partial charge on any atom is -0.341 e. The first kappa shape index (κ1) is 17.8. The molecule has 1 aliphatic heterocycles. The fourth-order valence-electron chi connectivity index (χ4n) is 2.33. The van der Waals surface area contributed by atoms with E-state index in [1.54, 1.807) is 0 Å². The summed E-state index contributed by atoms with van der Waals surface area (Å²) in [5.41, 5.74) is 0. The molecule has 4 nitrogen and oxygen atoms in total. The smallest absolute Gasteiger partial charge is 0.232 e. The molecule has 0 spiro atoms. The van der Waals surface area contributed by atoms with Crippen LogP contribution >= 0.6 is 11.8 Å². The number of hydrogen-bond donors (Lipinski definition) is 0. The van der Waals surface area contributed by atoms with Crippen LogP contribution in [0.25, 0.3) is 0 Å². The van der Waals surface area contributed by atoms with Crippen LogP contribution in [-0.4, -0.2) is 54.8 Å². The molecule has 1 amide bonds. The molecule has 0 radical (unpaired) electrons. The zero-order valence-corrected chi connectivity index (χ0v) is 14.6. The number of carbonyl (C=O) groups excluding carboxylic acids is 1. The number of sulfone groups is 1. The number of nitrogens with zero attached hydrogens (tertiary/aromatic N) is 1. The average molecular weight is 322 g/mol. The zero-order chi connectivity index (χ0) is 15.3. The van der Waals surface area contributed by atoms with Crippen molar-refractivity contribution in [1.82, 2.24) is 4.90 Å². The van der Waals surface area contributed by atoms with Gasteiger partial charge in [0.25, 0.3) is 0 Å². The molecular weight excluding hydrogens is 294 g/mol. The molecule has 118 valence electrons. The van der Waals surface area contributed by atoms with E-state index < -0.39 is 9.84 Å². The predicted molar refractivity (Wildman–Crippen MR) is 85.8 cm³/mol. The van der Waals surface area contributed by atoms with Gasteiger partial charge in [0, 0.05) is 18.3 Å². The molecule has 0 aromatic heterocycles. The maximum atomic E-state index is 12.3.